The van der Waals surface area contributed by atoms with E-state index in [-0.39, 0.29) is 0 Å². The number of tetrazole rings is 1. The molecule has 3 heterocycles. The van der Waals surface area contributed by atoms with E-state index in [0.717, 1.165) is 67.1 Å². The first-order chi connectivity index (χ1) is 15.8. The van der Waals surface area contributed by atoms with E-state index in [0.29, 0.717) is 5.82 Å². The fourth-order valence-electron chi connectivity index (χ4n) is 3.76. The Kier molecular flexibility index (Phi) is 7.32. The molecule has 166 valence electrons. The van der Waals surface area contributed by atoms with Gasteiger partial charge < -0.3 is 0 Å². The van der Waals surface area contributed by atoms with Gasteiger partial charge in [0.2, 0.25) is 0 Å². The van der Waals surface area contributed by atoms with Crippen molar-refractivity contribution in [2.24, 2.45) is 0 Å². The van der Waals surface area contributed by atoms with Crippen LogP contribution in [0.2, 0.25) is 0 Å². The van der Waals surface area contributed by atoms with Crippen molar-refractivity contribution < 1.29 is 0 Å². The molecule has 3 aromatic heterocycles. The van der Waals surface area contributed by atoms with E-state index >= 15 is 0 Å². The van der Waals surface area contributed by atoms with Crippen LogP contribution in [0.1, 0.15) is 63.2 Å². The zero-order valence-electron chi connectivity index (χ0n) is 18.8. The second kappa shape index (κ2) is 10.7. The summed E-state index contributed by atoms with van der Waals surface area (Å²) in [4.78, 5) is 9.31. The molecule has 0 saturated carbocycles. The van der Waals surface area contributed by atoms with Crippen molar-refractivity contribution in [2.45, 2.75) is 65.3 Å². The normalized spacial score (nSPS) is 11.2. The number of aryl methyl sites for hydroxylation is 2. The maximum absolute atomic E-state index is 4.84. The van der Waals surface area contributed by atoms with Crippen molar-refractivity contribution in [1.82, 2.24) is 40.4 Å². The van der Waals surface area contributed by atoms with Crippen LogP contribution in [-0.2, 0) is 19.4 Å². The molecule has 1 aromatic carbocycles. The van der Waals surface area contributed by atoms with Crippen molar-refractivity contribution in [3.05, 3.63) is 59.8 Å². The van der Waals surface area contributed by atoms with E-state index in [2.05, 4.69) is 68.4 Å². The highest BCUT2D eigenvalue weighted by Crippen LogP contribution is 2.28. The van der Waals surface area contributed by atoms with Gasteiger partial charge in [0.05, 0.1) is 6.54 Å². The zero-order chi connectivity index (χ0) is 22.2. The summed E-state index contributed by atoms with van der Waals surface area (Å²) in [6.07, 6.45) is 9.54. The Hall–Kier alpha value is -3.42. The van der Waals surface area contributed by atoms with Gasteiger partial charge in [-0.3, -0.25) is 4.98 Å². The second-order valence-corrected chi connectivity index (χ2v) is 8.01. The number of rotatable bonds is 11. The fourth-order valence-corrected chi connectivity index (χ4v) is 3.76. The first-order valence-corrected chi connectivity index (χ1v) is 11.5. The first-order valence-electron chi connectivity index (χ1n) is 11.5. The lowest BCUT2D eigenvalue weighted by atomic mass is 10.0. The minimum atomic E-state index is 0.559. The summed E-state index contributed by atoms with van der Waals surface area (Å²) in [5, 5.41) is 19.0. The Bertz CT molecular complexity index is 1100. The monoisotopic (exact) mass is 430 g/mol. The quantitative estimate of drug-likeness (QED) is 0.348. The average molecular weight is 431 g/mol. The summed E-state index contributed by atoms with van der Waals surface area (Å²) in [6.45, 7) is 5.16. The Morgan fingerprint density at radius 3 is 2.53 bits per heavy atom. The van der Waals surface area contributed by atoms with Crippen molar-refractivity contribution in [3.8, 4) is 22.6 Å². The summed E-state index contributed by atoms with van der Waals surface area (Å²) in [6, 6.07) is 12.5. The third-order valence-electron chi connectivity index (χ3n) is 5.52. The van der Waals surface area contributed by atoms with Gasteiger partial charge in [-0.05, 0) is 40.5 Å². The van der Waals surface area contributed by atoms with E-state index in [4.69, 9.17) is 10.1 Å². The number of hydrogen-bond donors (Lipinski definition) is 1. The summed E-state index contributed by atoms with van der Waals surface area (Å²) >= 11 is 0. The van der Waals surface area contributed by atoms with Gasteiger partial charge in [-0.25, -0.2) is 14.8 Å². The molecular formula is C24H30N8. The van der Waals surface area contributed by atoms with Crippen LogP contribution in [0.15, 0.2) is 42.6 Å². The molecule has 0 radical (unpaired) electrons. The summed E-state index contributed by atoms with van der Waals surface area (Å²) in [5.74, 6) is 2.63. The SMILES string of the molecule is CCCCCc1nc(CCCC)n(Cc2ccc(-c3cccnc3-c3nnn[nH]3)cc2)n1. The standard InChI is InChI=1S/C24H30N8/c1-3-5-7-10-21-26-22(11-6-4-2)32(29-21)17-18-12-14-19(15-13-18)20-9-8-16-25-23(20)24-27-30-31-28-24/h8-9,12-16H,3-7,10-11,17H2,1-2H3,(H,27,28,30,31). The molecule has 0 spiro atoms. The van der Waals surface area contributed by atoms with Crippen LogP contribution in [0.5, 0.6) is 0 Å². The number of nitrogens with one attached hydrogen (secondary N) is 1. The molecule has 0 saturated heterocycles. The van der Waals surface area contributed by atoms with E-state index in [1.54, 1.807) is 6.20 Å². The summed E-state index contributed by atoms with van der Waals surface area (Å²) in [5.41, 5.74) is 3.99. The fraction of sp³-hybridized carbons (Fsp3) is 0.417. The minimum Gasteiger partial charge on any atom is -0.252 e. The van der Waals surface area contributed by atoms with E-state index in [1.165, 1.54) is 18.4 Å². The van der Waals surface area contributed by atoms with E-state index in [1.807, 2.05) is 12.1 Å². The number of aromatic nitrogens is 8. The number of hydrogen-bond acceptors (Lipinski definition) is 6. The minimum absolute atomic E-state index is 0.559. The van der Waals surface area contributed by atoms with E-state index in [9.17, 15) is 0 Å². The number of H-pyrrole nitrogens is 1. The molecule has 4 aromatic rings. The van der Waals surface area contributed by atoms with Gasteiger partial charge >= 0.3 is 0 Å². The van der Waals surface area contributed by atoms with Gasteiger partial charge in [0.15, 0.2) is 11.6 Å². The highest BCUT2D eigenvalue weighted by molar-refractivity contribution is 5.77. The third kappa shape index (κ3) is 5.25. The van der Waals surface area contributed by atoms with Gasteiger partial charge in [-0.2, -0.15) is 5.10 Å². The lowest BCUT2D eigenvalue weighted by Crippen LogP contribution is -2.07. The number of unbranched alkanes of at least 4 members (excludes halogenated alkanes) is 3. The molecule has 0 amide bonds. The van der Waals surface area contributed by atoms with Crippen LogP contribution in [0.25, 0.3) is 22.6 Å². The summed E-state index contributed by atoms with van der Waals surface area (Å²) in [7, 11) is 0. The molecule has 8 heteroatoms. The molecule has 0 aliphatic heterocycles. The van der Waals surface area contributed by atoms with Crippen LogP contribution in [0, 0.1) is 0 Å². The molecule has 0 bridgehead atoms. The molecule has 4 rings (SSSR count). The summed E-state index contributed by atoms with van der Waals surface area (Å²) < 4.78 is 2.08. The Morgan fingerprint density at radius 2 is 1.78 bits per heavy atom. The highest BCUT2D eigenvalue weighted by atomic mass is 15.5. The van der Waals surface area contributed by atoms with E-state index < -0.39 is 0 Å². The van der Waals surface area contributed by atoms with Gasteiger partial charge in [0.25, 0.3) is 0 Å². The van der Waals surface area contributed by atoms with Crippen molar-refractivity contribution in [3.63, 3.8) is 0 Å². The lowest BCUT2D eigenvalue weighted by Gasteiger charge is -2.09. The smallest absolute Gasteiger partial charge is 0.198 e. The maximum Gasteiger partial charge on any atom is 0.198 e. The number of benzene rings is 1. The number of nitrogens with zero attached hydrogens (tertiary/aromatic N) is 7. The van der Waals surface area contributed by atoms with Gasteiger partial charge in [-0.15, -0.1) is 5.10 Å². The highest BCUT2D eigenvalue weighted by Gasteiger charge is 2.13. The number of aromatic amines is 1. The topological polar surface area (TPSA) is 98.1 Å². The van der Waals surface area contributed by atoms with Gasteiger partial charge in [-0.1, -0.05) is 63.4 Å². The second-order valence-electron chi connectivity index (χ2n) is 8.01. The number of pyridine rings is 1. The van der Waals surface area contributed by atoms with Gasteiger partial charge in [0, 0.05) is 24.6 Å². The Morgan fingerprint density at radius 1 is 0.938 bits per heavy atom. The van der Waals surface area contributed by atoms with Crippen molar-refractivity contribution in [2.75, 3.05) is 0 Å². The van der Waals surface area contributed by atoms with Crippen LogP contribution in [0.4, 0.5) is 0 Å². The predicted octanol–water partition coefficient (Wildman–Crippen LogP) is 4.64. The van der Waals surface area contributed by atoms with Gasteiger partial charge in [0.1, 0.15) is 11.5 Å². The first kappa shape index (κ1) is 21.8. The van der Waals surface area contributed by atoms with Crippen LogP contribution in [-0.4, -0.2) is 40.4 Å². The molecule has 32 heavy (non-hydrogen) atoms. The average Bonchev–Trinajstić information content (AvgIpc) is 3.49. The predicted molar refractivity (Wildman–Crippen MR) is 124 cm³/mol. The Balaban J connectivity index is 1.53. The Labute approximate surface area is 188 Å². The molecular weight excluding hydrogens is 400 g/mol. The molecule has 0 aliphatic carbocycles. The molecule has 8 nitrogen and oxygen atoms in total. The van der Waals surface area contributed by atoms with Crippen LogP contribution >= 0.6 is 0 Å². The van der Waals surface area contributed by atoms with Crippen LogP contribution < -0.4 is 0 Å². The molecule has 1 N–H and O–H groups in total. The zero-order valence-corrected chi connectivity index (χ0v) is 18.8. The van der Waals surface area contributed by atoms with Crippen molar-refractivity contribution in [1.29, 1.82) is 0 Å². The molecule has 0 unspecified atom stereocenters. The van der Waals surface area contributed by atoms with Crippen LogP contribution in [0.3, 0.4) is 0 Å². The molecule has 0 fully saturated rings. The van der Waals surface area contributed by atoms with Crippen molar-refractivity contribution >= 4 is 0 Å². The molecule has 0 aliphatic rings. The third-order valence-corrected chi connectivity index (χ3v) is 5.52. The molecule has 0 atom stereocenters. The maximum atomic E-state index is 4.84. The largest absolute Gasteiger partial charge is 0.252 e. The lowest BCUT2D eigenvalue weighted by molar-refractivity contribution is 0.610.